The van der Waals surface area contributed by atoms with Gasteiger partial charge in [-0.25, -0.2) is 0 Å². The Morgan fingerprint density at radius 2 is 0.574 bits per heavy atom. The van der Waals surface area contributed by atoms with Gasteiger partial charge in [0, 0.05) is 96.5 Å². The first-order valence-corrected chi connectivity index (χ1v) is 48.5. The number of hydrogen-bond donors (Lipinski definition) is 0. The van der Waals surface area contributed by atoms with Crippen LogP contribution in [-0.4, -0.2) is 4.57 Å². The van der Waals surface area contributed by atoms with Gasteiger partial charge < -0.3 is 13.9 Å². The highest BCUT2D eigenvalue weighted by molar-refractivity contribution is 7.24. The van der Waals surface area contributed by atoms with E-state index in [2.05, 4.69) is 490 Å². The largest absolute Gasteiger partial charge is 0.455 e. The van der Waals surface area contributed by atoms with Crippen molar-refractivity contribution in [2.75, 3.05) is 4.90 Å². The van der Waals surface area contributed by atoms with Crippen LogP contribution in [-0.2, 0) is 5.41 Å². The van der Waals surface area contributed by atoms with Crippen LogP contribution in [0.15, 0.2) is 478 Å². The molecule has 4 aliphatic carbocycles. The first-order chi connectivity index (χ1) is 67.3. The van der Waals surface area contributed by atoms with Crippen molar-refractivity contribution in [3.63, 3.8) is 0 Å². The van der Waals surface area contributed by atoms with Crippen LogP contribution in [0.25, 0.3) is 246 Å². The normalized spacial score (nSPS) is 12.4. The number of para-hydroxylation sites is 3. The summed E-state index contributed by atoms with van der Waals surface area (Å²) in [5.41, 5.74) is 45.0. The summed E-state index contributed by atoms with van der Waals surface area (Å²) in [7, 11) is 0. The molecule has 0 N–H and O–H groups in total. The maximum atomic E-state index is 6.42. The number of thiophene rings is 2. The second-order valence-corrected chi connectivity index (χ2v) is 38.7. The Bertz CT molecular complexity index is 9110. The van der Waals surface area contributed by atoms with Crippen LogP contribution in [0.3, 0.4) is 0 Å². The van der Waals surface area contributed by atoms with Gasteiger partial charge >= 0.3 is 0 Å². The molecule has 0 unspecified atom stereocenters. The maximum Gasteiger partial charge on any atom is 0.143 e. The Kier molecular flexibility index (Phi) is 18.4. The van der Waals surface area contributed by atoms with E-state index in [1.807, 2.05) is 28.7 Å². The molecular formula is C131H84N2OS2. The first kappa shape index (κ1) is 79.0. The quantitative estimate of drug-likeness (QED) is 0.144. The van der Waals surface area contributed by atoms with E-state index in [1.165, 1.54) is 240 Å². The third-order valence-electron chi connectivity index (χ3n) is 28.9. The highest BCUT2D eigenvalue weighted by Crippen LogP contribution is 2.61. The van der Waals surface area contributed by atoms with E-state index < -0.39 is 0 Å². The van der Waals surface area contributed by atoms with E-state index in [0.29, 0.717) is 0 Å². The lowest BCUT2D eigenvalue weighted by atomic mass is 9.82. The third kappa shape index (κ3) is 12.5. The third-order valence-corrected chi connectivity index (χ3v) is 31.4. The van der Waals surface area contributed by atoms with Gasteiger partial charge in [0.2, 0.25) is 0 Å². The van der Waals surface area contributed by atoms with Crippen LogP contribution >= 0.6 is 22.7 Å². The number of aromatic nitrogens is 1. The Hall–Kier alpha value is -16.8. The van der Waals surface area contributed by atoms with Gasteiger partial charge in [0.25, 0.3) is 0 Å². The van der Waals surface area contributed by atoms with Gasteiger partial charge in [-0.2, -0.15) is 0 Å². The molecule has 29 rings (SSSR count). The van der Waals surface area contributed by atoms with Gasteiger partial charge in [-0.3, -0.25) is 0 Å². The zero-order valence-corrected chi connectivity index (χ0v) is 76.3. The molecular weight excluding hydrogens is 1680 g/mol. The molecule has 0 atom stereocenters. The van der Waals surface area contributed by atoms with Crippen molar-refractivity contribution in [2.45, 2.75) is 19.3 Å². The minimum absolute atomic E-state index is 0.0719. The van der Waals surface area contributed by atoms with Crippen LogP contribution in [0.5, 0.6) is 0 Å². The van der Waals surface area contributed by atoms with Crippen LogP contribution in [0, 0.1) is 0 Å². The molecule has 0 bridgehead atoms. The summed E-state index contributed by atoms with van der Waals surface area (Å²) >= 11 is 3.87. The summed E-state index contributed by atoms with van der Waals surface area (Å²) in [5, 5.41) is 11.7. The smallest absolute Gasteiger partial charge is 0.143 e. The van der Waals surface area contributed by atoms with Crippen molar-refractivity contribution in [1.82, 2.24) is 4.57 Å². The standard InChI is InChI=1S/C57H39NS.C48H29NS.C26H16O/c1-57(2)51-23-13-12-21-47(51)48-33-32-42(35-52(48)57)58(40-15-4-3-5-16-40)41-30-28-37(29-31-41)36-24-26-38(27-25-36)55-53-49-22-11-10-19-45(49)44-18-8-9-20-46(44)50-34-39-14-6-7-17-43(39)56(59-55)54(50)53;1-2-12-35-33(11-1)29-42-38-15-4-3-13-36(38)37-14-5-6-18-41(37)45-46(42)48(35)50-47(45)32-23-21-30(22-24-32)31-25-27-34(28-26-31)49-43-19-9-7-16-39(43)40-17-8-10-20-44(40)49;1-2-9-17(10-3-1)26-25-22-14-7-6-13-20(22)18-11-4-5-12-19(18)21-15-8-16-23(27-26)24(21)25/h3-35H,1-2H3;1-29H;1-16H. The van der Waals surface area contributed by atoms with E-state index in [-0.39, 0.29) is 5.41 Å². The van der Waals surface area contributed by atoms with E-state index in [4.69, 9.17) is 4.42 Å². The highest BCUT2D eigenvalue weighted by Gasteiger charge is 2.37. The number of hydrogen-bond acceptors (Lipinski definition) is 4. The molecule has 3 nitrogen and oxygen atoms in total. The lowest BCUT2D eigenvalue weighted by Crippen LogP contribution is -2.16. The van der Waals surface area contributed by atoms with E-state index in [1.54, 1.807) is 0 Å². The number of rotatable bonds is 9. The SMILES string of the molecule is CC1(C)c2ccccc2-c2ccc(N(c3ccccc3)c3ccc(-c4ccc(-c5sc6c7c(cc8ccccc86)-c6ccccc6-c6ccccc6-c57)cc4)cc3)cc21.c1ccc(-c2oc3cccc4c3c2-c2ccccc2-c2ccccc2-4)cc1.c1ccc2c(c1)-c1ccccc1-c1c(-c3ccc(-c4ccc(-n5c6ccccc6c6ccccc65)cc4)cc3)sc3c1c-2cc1ccccc13. The lowest BCUT2D eigenvalue weighted by molar-refractivity contribution is 0.632. The first-order valence-electron chi connectivity index (χ1n) is 46.9. The summed E-state index contributed by atoms with van der Waals surface area (Å²) in [5.74, 6) is 0.943. The topological polar surface area (TPSA) is 21.3 Å². The average Bonchev–Trinajstić information content (AvgIpc) is 1.46. The van der Waals surface area contributed by atoms with E-state index in [0.717, 1.165) is 34.0 Å². The zero-order valence-electron chi connectivity index (χ0n) is 74.7. The van der Waals surface area contributed by atoms with E-state index in [9.17, 15) is 0 Å². The molecule has 0 saturated heterocycles. The Morgan fingerprint density at radius 1 is 0.228 bits per heavy atom. The van der Waals surface area contributed by atoms with Gasteiger partial charge in [-0.1, -0.05) is 408 Å². The Morgan fingerprint density at radius 3 is 1.07 bits per heavy atom. The minimum Gasteiger partial charge on any atom is -0.455 e. The molecule has 0 spiro atoms. The van der Waals surface area contributed by atoms with Crippen LogP contribution in [0.1, 0.15) is 25.0 Å². The van der Waals surface area contributed by atoms with Crippen LogP contribution in [0.2, 0.25) is 0 Å². The van der Waals surface area contributed by atoms with Crippen molar-refractivity contribution >= 4 is 114 Å². The van der Waals surface area contributed by atoms with Crippen LogP contribution in [0.4, 0.5) is 17.1 Å². The monoisotopic (exact) mass is 1760 g/mol. The van der Waals surface area contributed by atoms with Gasteiger partial charge in [-0.15, -0.1) is 22.7 Å². The summed E-state index contributed by atoms with van der Waals surface area (Å²) in [4.78, 5) is 5.03. The number of fused-ring (bicyclic) bond motifs is 25. The predicted molar refractivity (Wildman–Crippen MR) is 578 cm³/mol. The van der Waals surface area contributed by atoms with Gasteiger partial charge in [-0.05, 0) is 239 Å². The fraction of sp³-hybridized carbons (Fsp3) is 0.0229. The second-order valence-electron chi connectivity index (χ2n) is 36.6. The summed E-state index contributed by atoms with van der Waals surface area (Å²) < 4.78 is 11.5. The Balaban J connectivity index is 0.000000110. The minimum atomic E-state index is -0.0719. The summed E-state index contributed by atoms with van der Waals surface area (Å²) in [6.07, 6.45) is 0. The summed E-state index contributed by atoms with van der Waals surface area (Å²) in [6.45, 7) is 4.70. The number of benzene rings is 21. The summed E-state index contributed by atoms with van der Waals surface area (Å²) in [6, 6.07) is 173. The van der Waals surface area contributed by atoms with Gasteiger partial charge in [0.05, 0.1) is 11.0 Å². The van der Waals surface area contributed by atoms with Gasteiger partial charge in [0.15, 0.2) is 0 Å². The predicted octanol–water partition coefficient (Wildman–Crippen LogP) is 37.7. The number of anilines is 3. The molecule has 0 fully saturated rings. The zero-order chi connectivity index (χ0) is 89.8. The maximum absolute atomic E-state index is 6.42. The average molecular weight is 1770 g/mol. The molecule has 0 saturated carbocycles. The van der Waals surface area contributed by atoms with Crippen molar-refractivity contribution < 1.29 is 4.42 Å². The fourth-order valence-corrected chi connectivity index (χ4v) is 25.4. The molecule has 4 heterocycles. The molecule has 4 aromatic heterocycles. The lowest BCUT2D eigenvalue weighted by Gasteiger charge is -2.28. The number of furan rings is 1. The second kappa shape index (κ2) is 31.7. The molecule has 636 valence electrons. The molecule has 21 aromatic carbocycles. The van der Waals surface area contributed by atoms with Crippen molar-refractivity contribution in [2.24, 2.45) is 0 Å². The van der Waals surface area contributed by atoms with Crippen molar-refractivity contribution in [3.05, 3.63) is 484 Å². The highest BCUT2D eigenvalue weighted by atomic mass is 32.1. The molecule has 136 heavy (non-hydrogen) atoms. The molecule has 0 aliphatic heterocycles. The molecule has 25 aromatic rings. The fourth-order valence-electron chi connectivity index (χ4n) is 22.6. The van der Waals surface area contributed by atoms with E-state index >= 15 is 0 Å². The number of nitrogens with zero attached hydrogens (tertiary/aromatic N) is 2. The Labute approximate surface area is 797 Å². The van der Waals surface area contributed by atoms with Crippen molar-refractivity contribution in [1.29, 1.82) is 0 Å². The molecule has 4 aliphatic rings. The molecule has 0 radical (unpaired) electrons. The molecule has 5 heteroatoms. The van der Waals surface area contributed by atoms with Crippen molar-refractivity contribution in [3.8, 4) is 171 Å². The molecule has 0 amide bonds. The van der Waals surface area contributed by atoms with Gasteiger partial charge in [0.1, 0.15) is 11.3 Å². The van der Waals surface area contributed by atoms with Crippen LogP contribution < -0.4 is 4.90 Å².